The molecule has 1 aliphatic carbocycles. The van der Waals surface area contributed by atoms with Crippen LogP contribution in [-0.4, -0.2) is 17.1 Å². The van der Waals surface area contributed by atoms with Crippen LogP contribution in [0, 0.1) is 5.41 Å². The minimum atomic E-state index is -2.91. The lowest BCUT2D eigenvalue weighted by atomic mass is 9.65. The number of hydrogen-bond acceptors (Lipinski definition) is 1. The van der Waals surface area contributed by atoms with E-state index in [4.69, 9.17) is 5.11 Å². The quantitative estimate of drug-likeness (QED) is 0.715. The molecule has 0 radical (unpaired) electrons. The summed E-state index contributed by atoms with van der Waals surface area (Å²) in [7, 11) is 0. The van der Waals surface area contributed by atoms with E-state index in [9.17, 15) is 8.78 Å². The first kappa shape index (κ1) is 12.8. The second kappa shape index (κ2) is 4.36. The van der Waals surface area contributed by atoms with Gasteiger partial charge in [-0.15, -0.1) is 0 Å². The average molecular weight is 194 g/mol. The Morgan fingerprint density at radius 1 is 1.31 bits per heavy atom. The third-order valence-corrected chi connectivity index (χ3v) is 2.79. The molecule has 1 unspecified atom stereocenters. The Hall–Kier alpha value is -0.180. The van der Waals surface area contributed by atoms with Crippen molar-refractivity contribution in [1.29, 1.82) is 0 Å². The molecule has 0 amide bonds. The van der Waals surface area contributed by atoms with E-state index in [0.29, 0.717) is 12.8 Å². The zero-order valence-corrected chi connectivity index (χ0v) is 8.90. The molecule has 0 heterocycles. The minimum Gasteiger partial charge on any atom is -0.387 e. The summed E-state index contributed by atoms with van der Waals surface area (Å²) in [5.41, 5.74) is -0.943. The molecule has 1 rings (SSSR count). The first-order valence-electron chi connectivity index (χ1n) is 4.96. The largest absolute Gasteiger partial charge is 0.387 e. The molecule has 1 fully saturated rings. The summed E-state index contributed by atoms with van der Waals surface area (Å²) in [6, 6.07) is 0. The number of aliphatic hydroxyl groups is 1. The molecule has 1 atom stereocenters. The third kappa shape index (κ3) is 2.19. The van der Waals surface area contributed by atoms with Gasteiger partial charge in [0.25, 0.3) is 5.92 Å². The van der Waals surface area contributed by atoms with E-state index in [1.54, 1.807) is 6.92 Å². The summed E-state index contributed by atoms with van der Waals surface area (Å²) >= 11 is 0. The molecule has 0 spiro atoms. The number of hydrogen-bond donors (Lipinski definition) is 1. The molecular formula is C10H20F2O. The van der Waals surface area contributed by atoms with Gasteiger partial charge in [0.05, 0.1) is 0 Å². The molecule has 1 nitrogen and oxygen atoms in total. The summed E-state index contributed by atoms with van der Waals surface area (Å²) in [5.74, 6) is -2.91. The first-order valence-corrected chi connectivity index (χ1v) is 4.96. The van der Waals surface area contributed by atoms with Crippen molar-refractivity contribution in [1.82, 2.24) is 0 Å². The fourth-order valence-electron chi connectivity index (χ4n) is 1.54. The Kier molecular flexibility index (Phi) is 4.30. The fraction of sp³-hybridized carbons (Fsp3) is 1.00. The van der Waals surface area contributed by atoms with Crippen LogP contribution in [0.15, 0.2) is 0 Å². The SMILES string of the molecule is CC.CC(O)C(F)(F)C1(C)CCC1. The molecule has 0 aromatic rings. The molecule has 0 aromatic carbocycles. The van der Waals surface area contributed by atoms with E-state index in [1.807, 2.05) is 13.8 Å². The third-order valence-electron chi connectivity index (χ3n) is 2.79. The zero-order valence-electron chi connectivity index (χ0n) is 8.90. The van der Waals surface area contributed by atoms with Gasteiger partial charge >= 0.3 is 0 Å². The Balaban J connectivity index is 0.000000671. The zero-order chi connectivity index (χ0) is 10.7. The first-order chi connectivity index (χ1) is 5.90. The van der Waals surface area contributed by atoms with Crippen LogP contribution < -0.4 is 0 Å². The van der Waals surface area contributed by atoms with Gasteiger partial charge in [-0.3, -0.25) is 0 Å². The number of alkyl halides is 2. The smallest absolute Gasteiger partial charge is 0.278 e. The number of rotatable bonds is 2. The topological polar surface area (TPSA) is 20.2 Å². The van der Waals surface area contributed by atoms with Crippen LogP contribution in [0.3, 0.4) is 0 Å². The predicted octanol–water partition coefficient (Wildman–Crippen LogP) is 3.22. The molecule has 0 bridgehead atoms. The Morgan fingerprint density at radius 2 is 1.69 bits per heavy atom. The highest BCUT2D eigenvalue weighted by Gasteiger charge is 2.56. The van der Waals surface area contributed by atoms with Gasteiger partial charge in [-0.05, 0) is 19.8 Å². The normalized spacial score (nSPS) is 22.4. The van der Waals surface area contributed by atoms with Crippen LogP contribution in [0.1, 0.15) is 47.0 Å². The summed E-state index contributed by atoms with van der Waals surface area (Å²) in [4.78, 5) is 0. The van der Waals surface area contributed by atoms with Crippen LogP contribution in [0.25, 0.3) is 0 Å². The van der Waals surface area contributed by atoms with Gasteiger partial charge in [0, 0.05) is 5.41 Å². The van der Waals surface area contributed by atoms with Gasteiger partial charge in [-0.2, -0.15) is 0 Å². The lowest BCUT2D eigenvalue weighted by Gasteiger charge is -2.45. The Bertz CT molecular complexity index is 151. The predicted molar refractivity (Wildman–Crippen MR) is 49.9 cm³/mol. The van der Waals surface area contributed by atoms with E-state index >= 15 is 0 Å². The lowest BCUT2D eigenvalue weighted by Crippen LogP contribution is -2.50. The molecule has 1 N–H and O–H groups in total. The van der Waals surface area contributed by atoms with E-state index in [-0.39, 0.29) is 0 Å². The molecule has 3 heteroatoms. The molecular weight excluding hydrogens is 174 g/mol. The van der Waals surface area contributed by atoms with Crippen molar-refractivity contribution in [2.75, 3.05) is 0 Å². The van der Waals surface area contributed by atoms with Crippen LogP contribution in [0.4, 0.5) is 8.78 Å². The van der Waals surface area contributed by atoms with Gasteiger partial charge < -0.3 is 5.11 Å². The molecule has 80 valence electrons. The second-order valence-electron chi connectivity index (χ2n) is 3.71. The maximum Gasteiger partial charge on any atom is 0.278 e. The average Bonchev–Trinajstić information content (AvgIpc) is 2.03. The minimum absolute atomic E-state index is 0.533. The molecule has 0 saturated heterocycles. The summed E-state index contributed by atoms with van der Waals surface area (Å²) < 4.78 is 26.3. The van der Waals surface area contributed by atoms with Crippen LogP contribution in [0.5, 0.6) is 0 Å². The fourth-order valence-corrected chi connectivity index (χ4v) is 1.54. The van der Waals surface area contributed by atoms with Crippen molar-refractivity contribution < 1.29 is 13.9 Å². The van der Waals surface area contributed by atoms with E-state index in [2.05, 4.69) is 0 Å². The van der Waals surface area contributed by atoms with Crippen molar-refractivity contribution in [3.8, 4) is 0 Å². The van der Waals surface area contributed by atoms with Crippen molar-refractivity contribution in [3.63, 3.8) is 0 Å². The van der Waals surface area contributed by atoms with Crippen LogP contribution in [-0.2, 0) is 0 Å². The maximum atomic E-state index is 13.1. The summed E-state index contributed by atoms with van der Waals surface area (Å²) in [5, 5.41) is 8.83. The highest BCUT2D eigenvalue weighted by atomic mass is 19.3. The standard InChI is InChI=1S/C8H14F2O.C2H6/c1-6(11)8(9,10)7(2)4-3-5-7;1-2/h6,11H,3-5H2,1-2H3;1-2H3. The number of halogens is 2. The van der Waals surface area contributed by atoms with Crippen molar-refractivity contribution in [2.45, 2.75) is 59.0 Å². The van der Waals surface area contributed by atoms with Gasteiger partial charge in [0.2, 0.25) is 0 Å². The van der Waals surface area contributed by atoms with Crippen molar-refractivity contribution in [3.05, 3.63) is 0 Å². The van der Waals surface area contributed by atoms with E-state index in [1.165, 1.54) is 0 Å². The van der Waals surface area contributed by atoms with E-state index < -0.39 is 17.4 Å². The second-order valence-corrected chi connectivity index (χ2v) is 3.71. The van der Waals surface area contributed by atoms with Crippen LogP contribution >= 0.6 is 0 Å². The molecule has 0 aromatic heterocycles. The van der Waals surface area contributed by atoms with E-state index in [0.717, 1.165) is 13.3 Å². The highest BCUT2D eigenvalue weighted by Crippen LogP contribution is 2.53. The lowest BCUT2D eigenvalue weighted by molar-refractivity contribution is -0.207. The van der Waals surface area contributed by atoms with Gasteiger partial charge in [0.1, 0.15) is 6.10 Å². The summed E-state index contributed by atoms with van der Waals surface area (Å²) in [6.07, 6.45) is 0.405. The molecule has 13 heavy (non-hydrogen) atoms. The number of aliphatic hydroxyl groups excluding tert-OH is 1. The molecule has 0 aliphatic heterocycles. The highest BCUT2D eigenvalue weighted by molar-refractivity contribution is 4.97. The Morgan fingerprint density at radius 3 is 1.77 bits per heavy atom. The Labute approximate surface area is 79.1 Å². The summed E-state index contributed by atoms with van der Waals surface area (Å²) in [6.45, 7) is 6.70. The van der Waals surface area contributed by atoms with Gasteiger partial charge in [-0.25, -0.2) is 8.78 Å². The maximum absolute atomic E-state index is 13.1. The monoisotopic (exact) mass is 194 g/mol. The van der Waals surface area contributed by atoms with Gasteiger partial charge in [-0.1, -0.05) is 27.2 Å². The van der Waals surface area contributed by atoms with Crippen molar-refractivity contribution in [2.24, 2.45) is 5.41 Å². The molecule has 1 aliphatic rings. The van der Waals surface area contributed by atoms with Crippen LogP contribution in [0.2, 0.25) is 0 Å². The van der Waals surface area contributed by atoms with Gasteiger partial charge in [0.15, 0.2) is 0 Å². The molecule has 1 saturated carbocycles. The van der Waals surface area contributed by atoms with Crippen molar-refractivity contribution >= 4 is 0 Å².